The van der Waals surface area contributed by atoms with Gasteiger partial charge < -0.3 is 9.76 Å². The van der Waals surface area contributed by atoms with Gasteiger partial charge in [-0.1, -0.05) is 111 Å². The Labute approximate surface area is 239 Å². The average molecular weight is 524 g/mol. The fourth-order valence-corrected chi connectivity index (χ4v) is 3.34. The minimum Gasteiger partial charge on any atom is -0.427 e. The summed E-state index contributed by atoms with van der Waals surface area (Å²) in [6.07, 6.45) is 33.1. The molecule has 0 spiro atoms. The molecule has 0 aromatic heterocycles. The maximum absolute atomic E-state index is 10.3. The van der Waals surface area contributed by atoms with Crippen LogP contribution in [0.3, 0.4) is 0 Å². The van der Waals surface area contributed by atoms with Crippen molar-refractivity contribution in [2.45, 2.75) is 79.4 Å². The predicted octanol–water partition coefficient (Wildman–Crippen LogP) is 9.53. The second kappa shape index (κ2) is 16.7. The molecule has 0 aliphatic heterocycles. The molecule has 207 valence electrons. The van der Waals surface area contributed by atoms with E-state index >= 15 is 0 Å². The van der Waals surface area contributed by atoms with Crippen LogP contribution >= 0.6 is 0 Å². The summed E-state index contributed by atoms with van der Waals surface area (Å²) in [4.78, 5) is 0. The molecule has 1 aliphatic rings. The van der Waals surface area contributed by atoms with Crippen LogP contribution in [0.5, 0.6) is 0 Å². The molecular weight excluding hydrogens is 475 g/mol. The molecule has 0 aromatic carbocycles. The van der Waals surface area contributed by atoms with Crippen LogP contribution in [0.2, 0.25) is 0 Å². The monoisotopic (exact) mass is 523 g/mol. The van der Waals surface area contributed by atoms with Gasteiger partial charge in [-0.15, -0.1) is 0 Å². The highest BCUT2D eigenvalue weighted by Crippen LogP contribution is 2.27. The first-order valence-corrected chi connectivity index (χ1v) is 13.8. The first-order valence-electron chi connectivity index (χ1n) is 13.8. The van der Waals surface area contributed by atoms with Crippen molar-refractivity contribution in [2.24, 2.45) is 0 Å². The minimum absolute atomic E-state index is 0.719. The van der Waals surface area contributed by atoms with Crippen LogP contribution in [-0.2, 0) is 4.65 Å². The van der Waals surface area contributed by atoms with Crippen molar-refractivity contribution in [3.63, 3.8) is 0 Å². The molecule has 39 heavy (non-hydrogen) atoms. The molecule has 0 heterocycles. The van der Waals surface area contributed by atoms with Crippen molar-refractivity contribution < 1.29 is 9.76 Å². The average Bonchev–Trinajstić information content (AvgIpc) is 3.18. The molecule has 0 atom stereocenters. The van der Waals surface area contributed by atoms with Crippen LogP contribution in [0.4, 0.5) is 0 Å². The quantitative estimate of drug-likeness (QED) is 0.181. The highest BCUT2D eigenvalue weighted by Gasteiger charge is 2.35. The maximum atomic E-state index is 10.3. The van der Waals surface area contributed by atoms with Crippen molar-refractivity contribution >= 4 is 7.48 Å². The van der Waals surface area contributed by atoms with Crippen molar-refractivity contribution in [3.8, 4) is 0 Å². The van der Waals surface area contributed by atoms with Gasteiger partial charge in [-0.05, 0) is 101 Å². The fourth-order valence-electron chi connectivity index (χ4n) is 3.34. The van der Waals surface area contributed by atoms with Gasteiger partial charge in [-0.3, -0.25) is 0 Å². The van der Waals surface area contributed by atoms with Gasteiger partial charge in [0.1, 0.15) is 0 Å². The first kappa shape index (κ1) is 33.9. The molecule has 0 amide bonds. The van der Waals surface area contributed by atoms with Gasteiger partial charge in [0.25, 0.3) is 0 Å². The zero-order chi connectivity index (χ0) is 29.5. The summed E-state index contributed by atoms with van der Waals surface area (Å²) in [6, 6.07) is 0. The van der Waals surface area contributed by atoms with E-state index in [0.29, 0.717) is 0 Å². The third-order valence-corrected chi connectivity index (χ3v) is 6.85. The third-order valence-electron chi connectivity index (χ3n) is 6.85. The summed E-state index contributed by atoms with van der Waals surface area (Å²) in [5, 5.41) is 10.3. The Morgan fingerprint density at radius 1 is 1.08 bits per heavy atom. The van der Waals surface area contributed by atoms with Crippen molar-refractivity contribution in [3.05, 3.63) is 143 Å². The summed E-state index contributed by atoms with van der Waals surface area (Å²) >= 11 is 0. The largest absolute Gasteiger partial charge is 0.427 e. The first-order chi connectivity index (χ1) is 18.4. The molecular formula is C36H48BO2. The Kier molecular flexibility index (Phi) is 14.6. The van der Waals surface area contributed by atoms with E-state index in [0.717, 1.165) is 40.6 Å². The zero-order valence-corrected chi connectivity index (χ0v) is 25.4. The molecule has 0 saturated carbocycles. The Bertz CT molecular complexity index is 1160. The van der Waals surface area contributed by atoms with Gasteiger partial charge >= 0.3 is 7.48 Å². The van der Waals surface area contributed by atoms with E-state index in [9.17, 15) is 5.11 Å². The summed E-state index contributed by atoms with van der Waals surface area (Å²) < 4.78 is 5.90. The molecule has 0 bridgehead atoms. The SMILES string of the molecule is C=CC(=C/C=C\C)/C(/C=C(\CC)C1=CC=CCC=C1)=C/C(=C)/C(C)=C/C=C\C([B]OC(C)(C)C(C)(C)O)=C/C. The van der Waals surface area contributed by atoms with E-state index in [2.05, 4.69) is 75.6 Å². The molecule has 1 radical (unpaired) electrons. The van der Waals surface area contributed by atoms with Crippen LogP contribution in [0.25, 0.3) is 0 Å². The van der Waals surface area contributed by atoms with Crippen LogP contribution in [0.15, 0.2) is 143 Å². The smallest absolute Gasteiger partial charge is 0.330 e. The Hall–Kier alpha value is -3.14. The third kappa shape index (κ3) is 11.6. The lowest BCUT2D eigenvalue weighted by Gasteiger charge is -2.37. The number of rotatable bonds is 14. The lowest BCUT2D eigenvalue weighted by molar-refractivity contribution is -0.0896. The Balaban J connectivity index is 3.29. The van der Waals surface area contributed by atoms with E-state index in [4.69, 9.17) is 4.65 Å². The summed E-state index contributed by atoms with van der Waals surface area (Å²) in [5.74, 6) is 0. The molecule has 0 fully saturated rings. The topological polar surface area (TPSA) is 29.5 Å². The zero-order valence-electron chi connectivity index (χ0n) is 25.4. The highest BCUT2D eigenvalue weighted by atomic mass is 16.5. The van der Waals surface area contributed by atoms with Crippen molar-refractivity contribution in [1.29, 1.82) is 0 Å². The van der Waals surface area contributed by atoms with Crippen molar-refractivity contribution in [2.75, 3.05) is 0 Å². The molecule has 1 N–H and O–H groups in total. The number of aliphatic hydroxyl groups is 1. The van der Waals surface area contributed by atoms with E-state index in [1.54, 1.807) is 21.3 Å². The molecule has 0 aromatic rings. The van der Waals surface area contributed by atoms with Gasteiger partial charge in [-0.25, -0.2) is 0 Å². The molecule has 1 aliphatic carbocycles. The minimum atomic E-state index is -0.970. The lowest BCUT2D eigenvalue weighted by atomic mass is 9.82. The number of allylic oxidation sites excluding steroid dienone is 22. The van der Waals surface area contributed by atoms with Crippen LogP contribution in [0, 0.1) is 0 Å². The van der Waals surface area contributed by atoms with E-state index in [-0.39, 0.29) is 0 Å². The Morgan fingerprint density at radius 2 is 1.79 bits per heavy atom. The fraction of sp³-hybridized carbons (Fsp3) is 0.333. The second-order valence-electron chi connectivity index (χ2n) is 10.5. The predicted molar refractivity (Wildman–Crippen MR) is 174 cm³/mol. The molecule has 1 rings (SSSR count). The van der Waals surface area contributed by atoms with Crippen LogP contribution in [-0.4, -0.2) is 23.8 Å². The molecule has 3 heteroatoms. The molecule has 0 unspecified atom stereocenters. The van der Waals surface area contributed by atoms with Gasteiger partial charge in [0, 0.05) is 0 Å². The number of hydrogen-bond donors (Lipinski definition) is 1. The lowest BCUT2D eigenvalue weighted by Crippen LogP contribution is -2.48. The van der Waals surface area contributed by atoms with E-state index in [1.165, 1.54) is 11.1 Å². The second-order valence-corrected chi connectivity index (χ2v) is 10.5. The number of hydrogen-bond acceptors (Lipinski definition) is 2. The summed E-state index contributed by atoms with van der Waals surface area (Å²) in [7, 11) is 1.69. The highest BCUT2D eigenvalue weighted by molar-refractivity contribution is 6.39. The standard InChI is InChI=1S/C36H48BO2/c1-11-15-22-30(12-2)33(27-31(13-3)32-23-18-16-17-19-24-32)26-29(6)28(5)21-20-25-34(14-4)37-39-36(9,10)35(7,8)38/h11-12,14-16,18-27,38H,2,6,13,17H2,1,3-5,7-10H3/b15-11-,25-20-,28-21+,30-22-,31-27+,33-26+,34-14+. The normalized spacial score (nSPS) is 16.6. The van der Waals surface area contributed by atoms with E-state index < -0.39 is 11.2 Å². The van der Waals surface area contributed by atoms with Gasteiger partial charge in [0.15, 0.2) is 0 Å². The van der Waals surface area contributed by atoms with Crippen LogP contribution in [0.1, 0.15) is 68.2 Å². The van der Waals surface area contributed by atoms with E-state index in [1.807, 2.05) is 70.2 Å². The molecule has 2 nitrogen and oxygen atoms in total. The maximum Gasteiger partial charge on any atom is 0.330 e. The van der Waals surface area contributed by atoms with Gasteiger partial charge in [-0.2, -0.15) is 0 Å². The molecule has 0 saturated heterocycles. The summed E-state index contributed by atoms with van der Waals surface area (Å²) in [6.45, 7) is 23.9. The summed E-state index contributed by atoms with van der Waals surface area (Å²) in [5.41, 5.74) is 5.77. The van der Waals surface area contributed by atoms with Gasteiger partial charge in [0.05, 0.1) is 11.2 Å². The Morgan fingerprint density at radius 3 is 2.38 bits per heavy atom. The van der Waals surface area contributed by atoms with Crippen LogP contribution < -0.4 is 0 Å². The van der Waals surface area contributed by atoms with Gasteiger partial charge in [0.2, 0.25) is 0 Å². The van der Waals surface area contributed by atoms with Crippen molar-refractivity contribution in [1.82, 2.24) is 0 Å².